The monoisotopic (exact) mass is 266 g/mol. The minimum absolute atomic E-state index is 0.141. The van der Waals surface area contributed by atoms with Crippen LogP contribution in [0, 0.1) is 11.3 Å². The lowest BCUT2D eigenvalue weighted by atomic mass is 10.2. The summed E-state index contributed by atoms with van der Waals surface area (Å²) in [5.74, 6) is -0.141. The Kier molecular flexibility index (Phi) is 3.48. The number of nitrogens with one attached hydrogen (secondary N) is 1. The van der Waals surface area contributed by atoms with Gasteiger partial charge in [0.2, 0.25) is 5.91 Å². The molecular weight excluding hydrogens is 256 g/mol. The van der Waals surface area contributed by atoms with E-state index in [2.05, 4.69) is 21.2 Å². The highest BCUT2D eigenvalue weighted by molar-refractivity contribution is 9.10. The average molecular weight is 267 g/mol. The summed E-state index contributed by atoms with van der Waals surface area (Å²) in [4.78, 5) is 11.6. The number of rotatable bonds is 2. The van der Waals surface area contributed by atoms with E-state index in [9.17, 15) is 4.79 Å². The van der Waals surface area contributed by atoms with Crippen LogP contribution >= 0.6 is 15.9 Å². The molecule has 1 N–H and O–H groups in total. The molecule has 1 amide bonds. The Morgan fingerprint density at radius 1 is 1.53 bits per heavy atom. The Morgan fingerprint density at radius 2 is 2.20 bits per heavy atom. The van der Waals surface area contributed by atoms with Crippen LogP contribution < -0.4 is 5.32 Å². The fourth-order valence-electron chi connectivity index (χ4n) is 0.946. The van der Waals surface area contributed by atoms with Gasteiger partial charge in [-0.3, -0.25) is 4.79 Å². The van der Waals surface area contributed by atoms with Crippen LogP contribution in [-0.4, -0.2) is 10.2 Å². The number of carbonyl (C=O) groups is 1. The van der Waals surface area contributed by atoms with Gasteiger partial charge in [0, 0.05) is 5.69 Å². The van der Waals surface area contributed by atoms with Crippen LogP contribution in [-0.2, 0) is 4.79 Å². The predicted molar refractivity (Wildman–Crippen MR) is 62.8 cm³/mol. The molecule has 4 heteroatoms. The summed E-state index contributed by atoms with van der Waals surface area (Å²) in [5, 5.41) is 11.4. The molecule has 78 valence electrons. The molecule has 0 unspecified atom stereocenters. The lowest BCUT2D eigenvalue weighted by Gasteiger charge is -2.15. The number of halogens is 1. The molecule has 0 radical (unpaired) electrons. The number of carbonyl (C=O) groups excluding carboxylic acids is 1. The van der Waals surface area contributed by atoms with Crippen molar-refractivity contribution in [3.8, 4) is 6.07 Å². The van der Waals surface area contributed by atoms with Crippen molar-refractivity contribution in [2.75, 3.05) is 5.32 Å². The summed E-state index contributed by atoms with van der Waals surface area (Å²) in [6.45, 7) is 3.52. The van der Waals surface area contributed by atoms with Gasteiger partial charge in [-0.25, -0.2) is 0 Å². The normalized spacial score (nSPS) is 10.5. The third-order valence-electron chi connectivity index (χ3n) is 1.79. The third-order valence-corrected chi connectivity index (χ3v) is 2.15. The summed E-state index contributed by atoms with van der Waals surface area (Å²) in [7, 11) is 0. The number of alkyl halides is 1. The Morgan fingerprint density at radius 3 is 2.73 bits per heavy atom. The molecule has 0 aromatic heterocycles. The van der Waals surface area contributed by atoms with Crippen LogP contribution in [0.2, 0.25) is 0 Å². The summed E-state index contributed by atoms with van der Waals surface area (Å²) in [6, 6.07) is 8.82. The summed E-state index contributed by atoms with van der Waals surface area (Å²) in [6.07, 6.45) is 0. The fraction of sp³-hybridized carbons (Fsp3) is 0.273. The number of hydrogen-bond donors (Lipinski definition) is 1. The van der Waals surface area contributed by atoms with Gasteiger partial charge in [-0.1, -0.05) is 22.0 Å². The van der Waals surface area contributed by atoms with Crippen LogP contribution in [0.3, 0.4) is 0 Å². The second-order valence-electron chi connectivity index (χ2n) is 3.62. The van der Waals surface area contributed by atoms with Gasteiger partial charge in [-0.2, -0.15) is 5.26 Å². The van der Waals surface area contributed by atoms with Crippen molar-refractivity contribution in [2.24, 2.45) is 0 Å². The van der Waals surface area contributed by atoms with E-state index in [1.54, 1.807) is 38.1 Å². The van der Waals surface area contributed by atoms with Crippen molar-refractivity contribution in [1.29, 1.82) is 5.26 Å². The minimum Gasteiger partial charge on any atom is -0.325 e. The van der Waals surface area contributed by atoms with Crippen molar-refractivity contribution in [1.82, 2.24) is 0 Å². The number of nitriles is 1. The fourth-order valence-corrected chi connectivity index (χ4v) is 1.05. The standard InChI is InChI=1S/C11H11BrN2O/c1-11(2,12)10(15)14-9-5-3-4-8(6-9)7-13/h3-6H,1-2H3,(H,14,15). The highest BCUT2D eigenvalue weighted by atomic mass is 79.9. The van der Waals surface area contributed by atoms with Crippen LogP contribution in [0.1, 0.15) is 19.4 Å². The van der Waals surface area contributed by atoms with Gasteiger partial charge in [-0.15, -0.1) is 0 Å². The summed E-state index contributed by atoms with van der Waals surface area (Å²) >= 11 is 3.26. The van der Waals surface area contributed by atoms with E-state index in [0.717, 1.165) is 0 Å². The minimum atomic E-state index is -0.615. The molecule has 0 fully saturated rings. The topological polar surface area (TPSA) is 52.9 Å². The maximum absolute atomic E-state index is 11.6. The molecule has 0 aliphatic heterocycles. The molecule has 15 heavy (non-hydrogen) atoms. The Hall–Kier alpha value is -1.34. The number of nitrogens with zero attached hydrogens (tertiary/aromatic N) is 1. The SMILES string of the molecule is CC(C)(Br)C(=O)Nc1cccc(C#N)c1. The molecule has 0 spiro atoms. The van der Waals surface area contributed by atoms with E-state index >= 15 is 0 Å². The Balaban J connectivity index is 2.83. The first-order valence-electron chi connectivity index (χ1n) is 4.44. The molecule has 0 heterocycles. The zero-order chi connectivity index (χ0) is 11.5. The maximum Gasteiger partial charge on any atom is 0.240 e. The van der Waals surface area contributed by atoms with Crippen molar-refractivity contribution < 1.29 is 4.79 Å². The highest BCUT2D eigenvalue weighted by Gasteiger charge is 2.23. The van der Waals surface area contributed by atoms with Crippen molar-refractivity contribution in [3.05, 3.63) is 29.8 Å². The predicted octanol–water partition coefficient (Wildman–Crippen LogP) is 2.67. The molecule has 0 saturated carbocycles. The first-order valence-corrected chi connectivity index (χ1v) is 5.23. The molecule has 1 aromatic carbocycles. The van der Waals surface area contributed by atoms with Gasteiger partial charge in [0.15, 0.2) is 0 Å². The molecule has 0 atom stereocenters. The number of hydrogen-bond acceptors (Lipinski definition) is 2. The van der Waals surface area contributed by atoms with Gasteiger partial charge in [0.1, 0.15) is 0 Å². The number of benzene rings is 1. The van der Waals surface area contributed by atoms with Gasteiger partial charge >= 0.3 is 0 Å². The van der Waals surface area contributed by atoms with Gasteiger partial charge in [-0.05, 0) is 32.0 Å². The van der Waals surface area contributed by atoms with E-state index < -0.39 is 4.32 Å². The molecule has 1 rings (SSSR count). The number of amides is 1. The van der Waals surface area contributed by atoms with E-state index in [-0.39, 0.29) is 5.91 Å². The third kappa shape index (κ3) is 3.37. The van der Waals surface area contributed by atoms with Crippen molar-refractivity contribution in [3.63, 3.8) is 0 Å². The van der Waals surface area contributed by atoms with Gasteiger partial charge in [0.05, 0.1) is 16.0 Å². The van der Waals surface area contributed by atoms with E-state index in [4.69, 9.17) is 5.26 Å². The zero-order valence-corrected chi connectivity index (χ0v) is 10.1. The molecular formula is C11H11BrN2O. The molecule has 0 aliphatic rings. The van der Waals surface area contributed by atoms with Crippen molar-refractivity contribution >= 4 is 27.5 Å². The van der Waals surface area contributed by atoms with Crippen LogP contribution in [0.15, 0.2) is 24.3 Å². The summed E-state index contributed by atoms with van der Waals surface area (Å²) < 4.78 is -0.615. The van der Waals surface area contributed by atoms with E-state index in [0.29, 0.717) is 11.3 Å². The Labute approximate surface area is 97.2 Å². The lowest BCUT2D eigenvalue weighted by Crippen LogP contribution is -2.30. The second kappa shape index (κ2) is 4.45. The van der Waals surface area contributed by atoms with Gasteiger partial charge in [0.25, 0.3) is 0 Å². The summed E-state index contributed by atoms with van der Waals surface area (Å²) in [5.41, 5.74) is 1.16. The largest absolute Gasteiger partial charge is 0.325 e. The highest BCUT2D eigenvalue weighted by Crippen LogP contribution is 2.19. The first kappa shape index (κ1) is 11.7. The molecule has 0 aliphatic carbocycles. The second-order valence-corrected chi connectivity index (χ2v) is 5.60. The van der Waals surface area contributed by atoms with Crippen LogP contribution in [0.4, 0.5) is 5.69 Å². The molecule has 3 nitrogen and oxygen atoms in total. The van der Waals surface area contributed by atoms with Gasteiger partial charge < -0.3 is 5.32 Å². The van der Waals surface area contributed by atoms with Crippen molar-refractivity contribution in [2.45, 2.75) is 18.2 Å². The smallest absolute Gasteiger partial charge is 0.240 e. The van der Waals surface area contributed by atoms with E-state index in [1.165, 1.54) is 0 Å². The first-order chi connectivity index (χ1) is 6.93. The average Bonchev–Trinajstić information content (AvgIpc) is 2.16. The van der Waals surface area contributed by atoms with Crippen LogP contribution in [0.25, 0.3) is 0 Å². The zero-order valence-electron chi connectivity index (χ0n) is 8.54. The van der Waals surface area contributed by atoms with Crippen LogP contribution in [0.5, 0.6) is 0 Å². The Bertz CT molecular complexity index is 415. The lowest BCUT2D eigenvalue weighted by molar-refractivity contribution is -0.117. The molecule has 1 aromatic rings. The quantitative estimate of drug-likeness (QED) is 0.837. The van der Waals surface area contributed by atoms with E-state index in [1.807, 2.05) is 6.07 Å². The maximum atomic E-state index is 11.6. The molecule has 0 bridgehead atoms. The molecule has 0 saturated heterocycles. The number of anilines is 1.